The van der Waals surface area contributed by atoms with E-state index in [0.717, 1.165) is 11.4 Å². The molecule has 0 atom stereocenters. The van der Waals surface area contributed by atoms with Crippen molar-refractivity contribution in [2.45, 2.75) is 6.54 Å². The van der Waals surface area contributed by atoms with Crippen LogP contribution >= 0.6 is 0 Å². The first-order valence-electron chi connectivity index (χ1n) is 7.68. The number of anilines is 1. The Morgan fingerprint density at radius 2 is 1.96 bits per heavy atom. The number of nitrogens with zero attached hydrogens (tertiary/aromatic N) is 4. The minimum absolute atomic E-state index is 0.0665. The van der Waals surface area contributed by atoms with Crippen LogP contribution in [0.15, 0.2) is 36.5 Å². The van der Waals surface area contributed by atoms with Gasteiger partial charge in [0.15, 0.2) is 0 Å². The van der Waals surface area contributed by atoms with Crippen LogP contribution < -0.4 is 10.2 Å². The molecule has 0 spiro atoms. The lowest BCUT2D eigenvalue weighted by atomic mass is 10.2. The highest BCUT2D eigenvalue weighted by Crippen LogP contribution is 2.27. The molecule has 1 aliphatic heterocycles. The van der Waals surface area contributed by atoms with Crippen molar-refractivity contribution in [3.05, 3.63) is 42.2 Å². The number of phenols is 1. The van der Waals surface area contributed by atoms with E-state index in [1.165, 1.54) is 0 Å². The number of hydrogen-bond acceptors (Lipinski definition) is 4. The van der Waals surface area contributed by atoms with E-state index in [0.29, 0.717) is 32.7 Å². The number of carbonyl (C=O) groups is 1. The topological polar surface area (TPSA) is 73.6 Å². The fourth-order valence-corrected chi connectivity index (χ4v) is 2.73. The lowest BCUT2D eigenvalue weighted by molar-refractivity contribution is 0.193. The molecular formula is C16H21N5O2. The molecule has 1 fully saturated rings. The number of aryl methyl sites for hydroxylation is 1. The largest absolute Gasteiger partial charge is 0.506 e. The van der Waals surface area contributed by atoms with Crippen LogP contribution in [0.5, 0.6) is 5.75 Å². The predicted octanol–water partition coefficient (Wildman–Crippen LogP) is 1.16. The Morgan fingerprint density at radius 3 is 2.61 bits per heavy atom. The molecule has 1 saturated heterocycles. The lowest BCUT2D eigenvalue weighted by Gasteiger charge is -2.36. The fraction of sp³-hybridized carbons (Fsp3) is 0.375. The lowest BCUT2D eigenvalue weighted by Crippen LogP contribution is -2.51. The van der Waals surface area contributed by atoms with Gasteiger partial charge in [-0.2, -0.15) is 5.10 Å². The van der Waals surface area contributed by atoms with Crippen molar-refractivity contribution in [3.8, 4) is 5.75 Å². The second kappa shape index (κ2) is 6.60. The number of aromatic nitrogens is 2. The number of phenolic OH excluding ortho intramolecular Hbond substituents is 1. The van der Waals surface area contributed by atoms with Crippen molar-refractivity contribution < 1.29 is 9.90 Å². The molecule has 7 nitrogen and oxygen atoms in total. The van der Waals surface area contributed by atoms with E-state index in [1.807, 2.05) is 25.2 Å². The Kier molecular flexibility index (Phi) is 4.36. The first-order valence-corrected chi connectivity index (χ1v) is 7.68. The van der Waals surface area contributed by atoms with Gasteiger partial charge in [-0.25, -0.2) is 4.79 Å². The van der Waals surface area contributed by atoms with Gasteiger partial charge in [0.05, 0.1) is 17.9 Å². The zero-order valence-electron chi connectivity index (χ0n) is 13.1. The molecule has 7 heteroatoms. The zero-order chi connectivity index (χ0) is 16.2. The molecule has 2 N–H and O–H groups in total. The molecule has 0 aliphatic carbocycles. The highest BCUT2D eigenvalue weighted by molar-refractivity contribution is 5.74. The van der Waals surface area contributed by atoms with Crippen LogP contribution in [0.2, 0.25) is 0 Å². The molecule has 1 aliphatic rings. The number of piperazine rings is 1. The van der Waals surface area contributed by atoms with Crippen molar-refractivity contribution in [2.24, 2.45) is 7.05 Å². The van der Waals surface area contributed by atoms with Gasteiger partial charge in [0.2, 0.25) is 0 Å². The van der Waals surface area contributed by atoms with Gasteiger partial charge in [0.25, 0.3) is 0 Å². The maximum absolute atomic E-state index is 12.2. The molecule has 0 bridgehead atoms. The third kappa shape index (κ3) is 3.39. The van der Waals surface area contributed by atoms with E-state index < -0.39 is 0 Å². The molecule has 1 aromatic carbocycles. The summed E-state index contributed by atoms with van der Waals surface area (Å²) < 4.78 is 1.75. The Bertz CT molecular complexity index is 677. The van der Waals surface area contributed by atoms with Crippen LogP contribution in [-0.2, 0) is 13.6 Å². The molecule has 2 heterocycles. The number of carbonyl (C=O) groups excluding carboxylic acids is 1. The van der Waals surface area contributed by atoms with Gasteiger partial charge in [-0.3, -0.25) is 4.68 Å². The average molecular weight is 315 g/mol. The van der Waals surface area contributed by atoms with Crippen LogP contribution in [0.4, 0.5) is 10.5 Å². The Morgan fingerprint density at radius 1 is 1.22 bits per heavy atom. The molecule has 23 heavy (non-hydrogen) atoms. The number of rotatable bonds is 3. The van der Waals surface area contributed by atoms with Crippen LogP contribution in [0, 0.1) is 0 Å². The van der Waals surface area contributed by atoms with E-state index in [1.54, 1.807) is 27.9 Å². The molecule has 0 unspecified atom stereocenters. The number of para-hydroxylation sites is 2. The van der Waals surface area contributed by atoms with E-state index >= 15 is 0 Å². The van der Waals surface area contributed by atoms with Crippen molar-refractivity contribution in [3.63, 3.8) is 0 Å². The van der Waals surface area contributed by atoms with Crippen molar-refractivity contribution in [2.75, 3.05) is 31.1 Å². The van der Waals surface area contributed by atoms with Crippen molar-refractivity contribution >= 4 is 11.7 Å². The zero-order valence-corrected chi connectivity index (χ0v) is 13.1. The second-order valence-electron chi connectivity index (χ2n) is 5.57. The van der Waals surface area contributed by atoms with Gasteiger partial charge in [0, 0.05) is 39.4 Å². The van der Waals surface area contributed by atoms with Crippen LogP contribution in [-0.4, -0.2) is 52.0 Å². The fourth-order valence-electron chi connectivity index (χ4n) is 2.73. The summed E-state index contributed by atoms with van der Waals surface area (Å²) in [5.41, 5.74) is 1.79. The van der Waals surface area contributed by atoms with Crippen molar-refractivity contribution in [1.29, 1.82) is 0 Å². The molecule has 3 rings (SSSR count). The Balaban J connectivity index is 1.51. The van der Waals surface area contributed by atoms with E-state index in [9.17, 15) is 9.90 Å². The third-order valence-corrected chi connectivity index (χ3v) is 4.13. The van der Waals surface area contributed by atoms with Gasteiger partial charge in [-0.1, -0.05) is 12.1 Å². The maximum Gasteiger partial charge on any atom is 0.317 e. The van der Waals surface area contributed by atoms with Gasteiger partial charge >= 0.3 is 6.03 Å². The monoisotopic (exact) mass is 315 g/mol. The highest BCUT2D eigenvalue weighted by atomic mass is 16.3. The summed E-state index contributed by atoms with van der Waals surface area (Å²) in [4.78, 5) is 16.1. The summed E-state index contributed by atoms with van der Waals surface area (Å²) in [5, 5.41) is 16.9. The smallest absolute Gasteiger partial charge is 0.317 e. The van der Waals surface area contributed by atoms with Crippen LogP contribution in [0.3, 0.4) is 0 Å². The maximum atomic E-state index is 12.2. The molecule has 122 valence electrons. The molecule has 0 saturated carbocycles. The summed E-state index contributed by atoms with van der Waals surface area (Å²) in [6.45, 7) is 3.14. The predicted molar refractivity (Wildman–Crippen MR) is 87.3 cm³/mol. The SMILES string of the molecule is Cn1nccc1CNC(=O)N1CCN(c2ccccc2O)CC1. The third-order valence-electron chi connectivity index (χ3n) is 4.13. The Hall–Kier alpha value is -2.70. The summed E-state index contributed by atoms with van der Waals surface area (Å²) in [5.74, 6) is 0.279. The summed E-state index contributed by atoms with van der Waals surface area (Å²) in [7, 11) is 1.85. The van der Waals surface area contributed by atoms with Gasteiger partial charge in [-0.05, 0) is 18.2 Å². The first kappa shape index (κ1) is 15.2. The first-order chi connectivity index (χ1) is 11.1. The number of aromatic hydroxyl groups is 1. The molecule has 0 radical (unpaired) electrons. The van der Waals surface area contributed by atoms with Gasteiger partial charge in [-0.15, -0.1) is 0 Å². The normalized spacial score (nSPS) is 14.8. The number of nitrogens with one attached hydrogen (secondary N) is 1. The van der Waals surface area contributed by atoms with Crippen LogP contribution in [0.1, 0.15) is 5.69 Å². The van der Waals surface area contributed by atoms with E-state index in [-0.39, 0.29) is 11.8 Å². The highest BCUT2D eigenvalue weighted by Gasteiger charge is 2.22. The van der Waals surface area contributed by atoms with Crippen LogP contribution in [0.25, 0.3) is 0 Å². The van der Waals surface area contributed by atoms with Gasteiger partial charge in [0.1, 0.15) is 5.75 Å². The summed E-state index contributed by atoms with van der Waals surface area (Å²) in [6.07, 6.45) is 1.71. The minimum Gasteiger partial charge on any atom is -0.506 e. The summed E-state index contributed by atoms with van der Waals surface area (Å²) >= 11 is 0. The number of benzene rings is 1. The average Bonchev–Trinajstić information content (AvgIpc) is 2.98. The number of amides is 2. The molecule has 2 aromatic rings. The quantitative estimate of drug-likeness (QED) is 0.891. The minimum atomic E-state index is -0.0665. The Labute approximate surface area is 135 Å². The molecule has 1 aromatic heterocycles. The summed E-state index contributed by atoms with van der Waals surface area (Å²) in [6, 6.07) is 9.11. The molecular weight excluding hydrogens is 294 g/mol. The van der Waals surface area contributed by atoms with E-state index in [2.05, 4.69) is 15.3 Å². The van der Waals surface area contributed by atoms with E-state index in [4.69, 9.17) is 0 Å². The standard InChI is InChI=1S/C16H21N5O2/c1-19-13(6-7-18-19)12-17-16(23)21-10-8-20(9-11-21)14-4-2-3-5-15(14)22/h2-7,22H,8-12H2,1H3,(H,17,23). The molecule has 2 amide bonds. The second-order valence-corrected chi connectivity index (χ2v) is 5.57. The number of urea groups is 1. The van der Waals surface area contributed by atoms with Crippen molar-refractivity contribution in [1.82, 2.24) is 20.0 Å². The van der Waals surface area contributed by atoms with Gasteiger partial charge < -0.3 is 20.2 Å². The number of hydrogen-bond donors (Lipinski definition) is 2.